The van der Waals surface area contributed by atoms with Crippen LogP contribution in [0.5, 0.6) is 0 Å². The fourth-order valence-electron chi connectivity index (χ4n) is 4.25. The second-order valence-corrected chi connectivity index (χ2v) is 9.54. The van der Waals surface area contributed by atoms with Crippen LogP contribution in [-0.4, -0.2) is 33.2 Å². The van der Waals surface area contributed by atoms with Crippen LogP contribution in [0.4, 0.5) is 0 Å². The lowest BCUT2D eigenvalue weighted by molar-refractivity contribution is -0.139. The fourth-order valence-corrected chi connectivity index (χ4v) is 4.25. The number of amides is 1. The van der Waals surface area contributed by atoms with Crippen LogP contribution in [0, 0.1) is 20.8 Å². The molecule has 8 heteroatoms. The van der Waals surface area contributed by atoms with E-state index in [-0.39, 0.29) is 12.2 Å². The van der Waals surface area contributed by atoms with Crippen LogP contribution in [0.15, 0.2) is 87.8 Å². The van der Waals surface area contributed by atoms with Crippen molar-refractivity contribution in [3.8, 4) is 34.2 Å². The Morgan fingerprint density at radius 2 is 1.54 bits per heavy atom. The van der Waals surface area contributed by atoms with E-state index in [1.54, 1.807) is 12.1 Å². The molecule has 5 rings (SSSR count). The number of carboxylic acid groups (broad SMARTS) is 1. The van der Waals surface area contributed by atoms with Gasteiger partial charge in [-0.25, -0.2) is 4.79 Å². The summed E-state index contributed by atoms with van der Waals surface area (Å²) in [6, 6.07) is 23.1. The van der Waals surface area contributed by atoms with Gasteiger partial charge in [-0.2, -0.15) is 4.98 Å². The number of furan rings is 1. The number of aryl methyl sites for hydroxylation is 3. The van der Waals surface area contributed by atoms with Gasteiger partial charge in [0, 0.05) is 23.1 Å². The van der Waals surface area contributed by atoms with Gasteiger partial charge in [-0.05, 0) is 56.2 Å². The molecular weight excluding hydrogens is 494 g/mol. The third kappa shape index (κ3) is 5.80. The molecule has 0 saturated heterocycles. The van der Waals surface area contributed by atoms with E-state index in [2.05, 4.69) is 15.5 Å². The maximum Gasteiger partial charge on any atom is 0.326 e. The minimum Gasteiger partial charge on any atom is -0.480 e. The molecule has 2 N–H and O–H groups in total. The highest BCUT2D eigenvalue weighted by atomic mass is 16.5. The molecule has 2 aromatic heterocycles. The van der Waals surface area contributed by atoms with Crippen LogP contribution >= 0.6 is 0 Å². The largest absolute Gasteiger partial charge is 0.480 e. The quantitative estimate of drug-likeness (QED) is 0.256. The summed E-state index contributed by atoms with van der Waals surface area (Å²) in [4.78, 5) is 29.3. The standard InChI is InChI=1S/C31H27N3O5/c1-18-4-9-22(10-5-18)26-14-15-27(38-26)29(35)32-25(31(36)37)17-21-8-13-24(20(3)16-21)28-33-30(39-34-28)23-11-6-19(2)7-12-23/h4-16,25H,17H2,1-3H3,(H,32,35)(H,36,37). The van der Waals surface area contributed by atoms with E-state index in [1.165, 1.54) is 6.07 Å². The zero-order chi connectivity index (χ0) is 27.5. The molecule has 0 fully saturated rings. The van der Waals surface area contributed by atoms with Crippen molar-refractivity contribution in [2.75, 3.05) is 0 Å². The summed E-state index contributed by atoms with van der Waals surface area (Å²) in [6.45, 7) is 5.89. The first-order valence-electron chi connectivity index (χ1n) is 12.5. The van der Waals surface area contributed by atoms with Gasteiger partial charge in [-0.1, -0.05) is 70.9 Å². The van der Waals surface area contributed by atoms with Crippen LogP contribution < -0.4 is 5.32 Å². The van der Waals surface area contributed by atoms with E-state index in [4.69, 9.17) is 8.94 Å². The average molecular weight is 522 g/mol. The van der Waals surface area contributed by atoms with Crippen molar-refractivity contribution >= 4 is 11.9 Å². The van der Waals surface area contributed by atoms with Crippen molar-refractivity contribution in [3.05, 3.63) is 107 Å². The van der Waals surface area contributed by atoms with Gasteiger partial charge in [-0.3, -0.25) is 4.79 Å². The molecule has 8 nitrogen and oxygen atoms in total. The van der Waals surface area contributed by atoms with Gasteiger partial charge in [0.15, 0.2) is 5.76 Å². The molecule has 39 heavy (non-hydrogen) atoms. The van der Waals surface area contributed by atoms with Gasteiger partial charge in [0.05, 0.1) is 0 Å². The lowest BCUT2D eigenvalue weighted by Gasteiger charge is -2.15. The minimum atomic E-state index is -1.14. The molecule has 2 heterocycles. The van der Waals surface area contributed by atoms with E-state index in [0.29, 0.717) is 17.5 Å². The maximum atomic E-state index is 12.8. The number of hydrogen-bond acceptors (Lipinski definition) is 6. The van der Waals surface area contributed by atoms with Crippen molar-refractivity contribution in [2.24, 2.45) is 0 Å². The Hall–Kier alpha value is -4.98. The molecule has 0 spiro atoms. The number of aliphatic carboxylic acids is 1. The Morgan fingerprint density at radius 3 is 2.18 bits per heavy atom. The third-order valence-corrected chi connectivity index (χ3v) is 6.47. The molecule has 0 saturated carbocycles. The monoisotopic (exact) mass is 521 g/mol. The Morgan fingerprint density at radius 1 is 0.872 bits per heavy atom. The second-order valence-electron chi connectivity index (χ2n) is 9.54. The number of aromatic nitrogens is 2. The van der Waals surface area contributed by atoms with Crippen LogP contribution in [0.3, 0.4) is 0 Å². The number of carboxylic acids is 1. The van der Waals surface area contributed by atoms with E-state index in [0.717, 1.165) is 38.9 Å². The Balaban J connectivity index is 1.28. The summed E-state index contributed by atoms with van der Waals surface area (Å²) in [5.41, 5.74) is 6.28. The molecule has 0 aliphatic heterocycles. The molecule has 0 aliphatic rings. The van der Waals surface area contributed by atoms with Gasteiger partial charge >= 0.3 is 5.97 Å². The number of rotatable bonds is 8. The van der Waals surface area contributed by atoms with Gasteiger partial charge in [-0.15, -0.1) is 0 Å². The van der Waals surface area contributed by atoms with E-state index in [1.807, 2.05) is 81.4 Å². The lowest BCUT2D eigenvalue weighted by atomic mass is 9.99. The molecular formula is C31H27N3O5. The Kier molecular flexibility index (Phi) is 7.10. The summed E-state index contributed by atoms with van der Waals surface area (Å²) >= 11 is 0. The van der Waals surface area contributed by atoms with Crippen LogP contribution in [0.2, 0.25) is 0 Å². The molecule has 1 atom stereocenters. The Labute approximate surface area is 225 Å². The molecule has 1 unspecified atom stereocenters. The van der Waals surface area contributed by atoms with E-state index in [9.17, 15) is 14.7 Å². The van der Waals surface area contributed by atoms with Gasteiger partial charge < -0.3 is 19.4 Å². The number of carbonyl (C=O) groups is 2. The molecule has 5 aromatic rings. The molecule has 0 bridgehead atoms. The van der Waals surface area contributed by atoms with Gasteiger partial charge in [0.25, 0.3) is 11.8 Å². The number of carbonyl (C=O) groups excluding carboxylic acids is 1. The molecule has 0 radical (unpaired) electrons. The number of nitrogens with zero attached hydrogens (tertiary/aromatic N) is 2. The summed E-state index contributed by atoms with van der Waals surface area (Å²) in [7, 11) is 0. The number of nitrogens with one attached hydrogen (secondary N) is 1. The summed E-state index contributed by atoms with van der Waals surface area (Å²) in [5.74, 6) is -0.290. The fraction of sp³-hybridized carbons (Fsp3) is 0.161. The normalized spacial score (nSPS) is 11.8. The zero-order valence-corrected chi connectivity index (χ0v) is 21.8. The van der Waals surface area contributed by atoms with E-state index < -0.39 is 17.9 Å². The van der Waals surface area contributed by atoms with Gasteiger partial charge in [0.2, 0.25) is 5.82 Å². The highest BCUT2D eigenvalue weighted by Gasteiger charge is 2.24. The minimum absolute atomic E-state index is 0.0461. The van der Waals surface area contributed by atoms with E-state index >= 15 is 0 Å². The third-order valence-electron chi connectivity index (χ3n) is 6.47. The molecule has 1 amide bonds. The lowest BCUT2D eigenvalue weighted by Crippen LogP contribution is -2.42. The van der Waals surface area contributed by atoms with Crippen molar-refractivity contribution < 1.29 is 23.6 Å². The van der Waals surface area contributed by atoms with Crippen molar-refractivity contribution in [2.45, 2.75) is 33.2 Å². The van der Waals surface area contributed by atoms with Crippen molar-refractivity contribution in [1.82, 2.24) is 15.5 Å². The summed E-state index contributed by atoms with van der Waals surface area (Å²) in [5, 5.41) is 16.5. The first-order valence-corrected chi connectivity index (χ1v) is 12.5. The van der Waals surface area contributed by atoms with Crippen LogP contribution in [0.25, 0.3) is 34.2 Å². The number of benzene rings is 3. The second kappa shape index (κ2) is 10.8. The molecule has 196 valence electrons. The van der Waals surface area contributed by atoms with Crippen LogP contribution in [0.1, 0.15) is 32.8 Å². The molecule has 0 aliphatic carbocycles. The predicted octanol–water partition coefficient (Wildman–Crippen LogP) is 6.01. The van der Waals surface area contributed by atoms with Crippen molar-refractivity contribution in [3.63, 3.8) is 0 Å². The highest BCUT2D eigenvalue weighted by Crippen LogP contribution is 2.26. The number of hydrogen-bond donors (Lipinski definition) is 2. The van der Waals surface area contributed by atoms with Gasteiger partial charge in [0.1, 0.15) is 11.8 Å². The highest BCUT2D eigenvalue weighted by molar-refractivity contribution is 5.94. The van der Waals surface area contributed by atoms with Crippen molar-refractivity contribution in [1.29, 1.82) is 0 Å². The SMILES string of the molecule is Cc1ccc(-c2ccc(C(=O)NC(Cc3ccc(-c4noc(-c5ccc(C)cc5)n4)c(C)c3)C(=O)O)o2)cc1. The zero-order valence-electron chi connectivity index (χ0n) is 21.8. The first kappa shape index (κ1) is 25.7. The predicted molar refractivity (Wildman–Crippen MR) is 146 cm³/mol. The first-order chi connectivity index (χ1) is 18.8. The van der Waals surface area contributed by atoms with Crippen LogP contribution in [-0.2, 0) is 11.2 Å². The molecule has 3 aromatic carbocycles. The topological polar surface area (TPSA) is 118 Å². The Bertz CT molecular complexity index is 1630. The summed E-state index contributed by atoms with van der Waals surface area (Å²) < 4.78 is 11.1. The maximum absolute atomic E-state index is 12.8. The average Bonchev–Trinajstić information content (AvgIpc) is 3.60. The smallest absolute Gasteiger partial charge is 0.326 e. The summed E-state index contributed by atoms with van der Waals surface area (Å²) in [6.07, 6.45) is 0.0918.